The molecule has 1 aliphatic carbocycles. The van der Waals surface area contributed by atoms with E-state index in [4.69, 9.17) is 21.1 Å². The van der Waals surface area contributed by atoms with E-state index in [0.717, 1.165) is 29.5 Å². The Labute approximate surface area is 166 Å². The summed E-state index contributed by atoms with van der Waals surface area (Å²) in [6.07, 6.45) is 3.22. The van der Waals surface area contributed by atoms with Crippen LogP contribution in [0.25, 0.3) is 0 Å². The molecule has 146 valence electrons. The highest BCUT2D eigenvalue weighted by Gasteiger charge is 2.44. The quantitative estimate of drug-likeness (QED) is 0.537. The van der Waals surface area contributed by atoms with Gasteiger partial charge in [0.05, 0.1) is 18.6 Å². The van der Waals surface area contributed by atoms with Crippen molar-refractivity contribution in [3.63, 3.8) is 0 Å². The molecule has 0 aliphatic heterocycles. The lowest BCUT2D eigenvalue weighted by Crippen LogP contribution is -2.40. The van der Waals surface area contributed by atoms with Crippen LogP contribution >= 0.6 is 11.6 Å². The van der Waals surface area contributed by atoms with Gasteiger partial charge in [-0.3, -0.25) is 9.59 Å². The standard InChI is InChI=1S/C22H27ClO4/c1-5-6-16-11-15(2)19(20(23)12-16)13-17(24)14-22(21(25)27-4)9-7-18(26-3)8-10-22/h11-12,18H,7-10,13-14H2,1-4H3. The summed E-state index contributed by atoms with van der Waals surface area (Å²) < 4.78 is 10.4. The van der Waals surface area contributed by atoms with Crippen molar-refractivity contribution in [3.05, 3.63) is 33.8 Å². The SMILES string of the molecule is CC#Cc1cc(C)c(CC(=O)CC2(C(=O)OC)CCC(OC)CC2)c(Cl)c1. The molecule has 27 heavy (non-hydrogen) atoms. The van der Waals surface area contributed by atoms with Crippen LogP contribution in [-0.2, 0) is 25.5 Å². The number of Topliss-reactive ketones (excluding diaryl/α,β-unsaturated/α-hetero) is 1. The molecule has 5 heteroatoms. The van der Waals surface area contributed by atoms with Crippen LogP contribution in [0.4, 0.5) is 0 Å². The van der Waals surface area contributed by atoms with E-state index in [9.17, 15) is 9.59 Å². The van der Waals surface area contributed by atoms with Gasteiger partial charge >= 0.3 is 5.97 Å². The molecule has 1 aromatic rings. The van der Waals surface area contributed by atoms with Gasteiger partial charge in [0.25, 0.3) is 0 Å². The minimum atomic E-state index is -0.755. The van der Waals surface area contributed by atoms with E-state index in [1.165, 1.54) is 7.11 Å². The monoisotopic (exact) mass is 390 g/mol. The van der Waals surface area contributed by atoms with Crippen molar-refractivity contribution in [2.24, 2.45) is 5.41 Å². The van der Waals surface area contributed by atoms with Gasteiger partial charge in [-0.05, 0) is 62.8 Å². The van der Waals surface area contributed by atoms with Crippen LogP contribution < -0.4 is 0 Å². The summed E-state index contributed by atoms with van der Waals surface area (Å²) in [6.45, 7) is 3.69. The Morgan fingerprint density at radius 3 is 2.44 bits per heavy atom. The Balaban J connectivity index is 2.17. The predicted molar refractivity (Wildman–Crippen MR) is 106 cm³/mol. The maximum Gasteiger partial charge on any atom is 0.312 e. The number of benzene rings is 1. The highest BCUT2D eigenvalue weighted by molar-refractivity contribution is 6.31. The third kappa shape index (κ3) is 5.12. The van der Waals surface area contributed by atoms with Gasteiger partial charge in [-0.15, -0.1) is 5.92 Å². The van der Waals surface area contributed by atoms with E-state index >= 15 is 0 Å². The zero-order chi connectivity index (χ0) is 20.0. The van der Waals surface area contributed by atoms with Gasteiger partial charge in [-0.25, -0.2) is 0 Å². The van der Waals surface area contributed by atoms with Gasteiger partial charge < -0.3 is 9.47 Å². The lowest BCUT2D eigenvalue weighted by atomic mass is 9.69. The molecule has 1 aromatic carbocycles. The minimum Gasteiger partial charge on any atom is -0.469 e. The maximum atomic E-state index is 12.8. The number of rotatable bonds is 6. The van der Waals surface area contributed by atoms with E-state index in [1.54, 1.807) is 20.1 Å². The molecular weight excluding hydrogens is 364 g/mol. The van der Waals surface area contributed by atoms with Crippen molar-refractivity contribution in [1.82, 2.24) is 0 Å². The molecule has 0 radical (unpaired) electrons. The van der Waals surface area contributed by atoms with Gasteiger partial charge in [0.15, 0.2) is 0 Å². The molecule has 4 nitrogen and oxygen atoms in total. The van der Waals surface area contributed by atoms with Crippen LogP contribution in [0.15, 0.2) is 12.1 Å². The van der Waals surface area contributed by atoms with Crippen LogP contribution in [0, 0.1) is 24.2 Å². The molecule has 1 saturated carbocycles. The molecule has 0 N–H and O–H groups in total. The van der Waals surface area contributed by atoms with Crippen LogP contribution in [0.1, 0.15) is 55.7 Å². The van der Waals surface area contributed by atoms with Crippen molar-refractivity contribution >= 4 is 23.4 Å². The van der Waals surface area contributed by atoms with E-state index in [2.05, 4.69) is 11.8 Å². The zero-order valence-corrected chi connectivity index (χ0v) is 17.2. The fourth-order valence-electron chi connectivity index (χ4n) is 3.90. The fraction of sp³-hybridized carbons (Fsp3) is 0.545. The van der Waals surface area contributed by atoms with Gasteiger partial charge in [0.2, 0.25) is 0 Å². The summed E-state index contributed by atoms with van der Waals surface area (Å²) in [7, 11) is 3.06. The van der Waals surface area contributed by atoms with Crippen molar-refractivity contribution in [3.8, 4) is 11.8 Å². The number of hydrogen-bond acceptors (Lipinski definition) is 4. The van der Waals surface area contributed by atoms with Crippen LogP contribution in [0.5, 0.6) is 0 Å². The molecule has 0 bridgehead atoms. The van der Waals surface area contributed by atoms with Crippen molar-refractivity contribution in [2.45, 2.75) is 58.5 Å². The first-order valence-corrected chi connectivity index (χ1v) is 9.57. The molecular formula is C22H27ClO4. The van der Waals surface area contributed by atoms with Gasteiger partial charge in [-0.1, -0.05) is 17.5 Å². The summed E-state index contributed by atoms with van der Waals surface area (Å²) in [5, 5.41) is 0.538. The first kappa shape index (κ1) is 21.5. The number of ether oxygens (including phenoxy) is 2. The highest BCUT2D eigenvalue weighted by Crippen LogP contribution is 2.42. The second-order valence-corrected chi connectivity index (χ2v) is 7.63. The molecule has 2 rings (SSSR count). The number of methoxy groups -OCH3 is 2. The average Bonchev–Trinajstić information content (AvgIpc) is 2.65. The third-order valence-electron chi connectivity index (χ3n) is 5.44. The Morgan fingerprint density at radius 1 is 1.26 bits per heavy atom. The van der Waals surface area contributed by atoms with Gasteiger partial charge in [0, 0.05) is 30.5 Å². The Morgan fingerprint density at radius 2 is 1.93 bits per heavy atom. The molecule has 0 amide bonds. The molecule has 1 fully saturated rings. The second kappa shape index (κ2) is 9.39. The average molecular weight is 391 g/mol. The number of ketones is 1. The first-order valence-electron chi connectivity index (χ1n) is 9.20. The summed E-state index contributed by atoms with van der Waals surface area (Å²) in [4.78, 5) is 25.3. The van der Waals surface area contributed by atoms with E-state index in [0.29, 0.717) is 17.9 Å². The normalized spacial score (nSPS) is 21.9. The van der Waals surface area contributed by atoms with Gasteiger partial charge in [-0.2, -0.15) is 0 Å². The highest BCUT2D eigenvalue weighted by atomic mass is 35.5. The number of halogens is 1. The van der Waals surface area contributed by atoms with Crippen LogP contribution in [0.3, 0.4) is 0 Å². The molecule has 0 saturated heterocycles. The Kier molecular flexibility index (Phi) is 7.47. The largest absolute Gasteiger partial charge is 0.469 e. The third-order valence-corrected chi connectivity index (χ3v) is 5.78. The summed E-state index contributed by atoms with van der Waals surface area (Å²) in [6, 6.07) is 3.72. The lowest BCUT2D eigenvalue weighted by molar-refractivity contribution is -0.159. The lowest BCUT2D eigenvalue weighted by Gasteiger charge is -2.37. The minimum absolute atomic E-state index is 0.00408. The van der Waals surface area contributed by atoms with Crippen LogP contribution in [-0.4, -0.2) is 32.1 Å². The molecule has 0 unspecified atom stereocenters. The number of aryl methyl sites for hydroxylation is 1. The molecule has 0 spiro atoms. The zero-order valence-electron chi connectivity index (χ0n) is 16.5. The number of esters is 1. The molecule has 0 heterocycles. The fourth-order valence-corrected chi connectivity index (χ4v) is 4.23. The number of carbonyl (C=O) groups excluding carboxylic acids is 2. The number of carbonyl (C=O) groups is 2. The van der Waals surface area contributed by atoms with E-state index < -0.39 is 5.41 Å². The Hall–Kier alpha value is -1.83. The van der Waals surface area contributed by atoms with Crippen molar-refractivity contribution < 1.29 is 19.1 Å². The first-order chi connectivity index (χ1) is 12.8. The molecule has 0 aromatic heterocycles. The molecule has 1 aliphatic rings. The number of hydrogen-bond donors (Lipinski definition) is 0. The topological polar surface area (TPSA) is 52.6 Å². The van der Waals surface area contributed by atoms with E-state index in [-0.39, 0.29) is 30.7 Å². The van der Waals surface area contributed by atoms with E-state index in [1.807, 2.05) is 13.0 Å². The van der Waals surface area contributed by atoms with Crippen molar-refractivity contribution in [2.75, 3.05) is 14.2 Å². The van der Waals surface area contributed by atoms with Crippen molar-refractivity contribution in [1.29, 1.82) is 0 Å². The maximum absolute atomic E-state index is 12.8. The molecule has 0 atom stereocenters. The second-order valence-electron chi connectivity index (χ2n) is 7.23. The summed E-state index contributed by atoms with van der Waals surface area (Å²) >= 11 is 6.39. The smallest absolute Gasteiger partial charge is 0.312 e. The summed E-state index contributed by atoms with van der Waals surface area (Å²) in [5.41, 5.74) is 1.81. The summed E-state index contributed by atoms with van der Waals surface area (Å²) in [5.74, 6) is 5.52. The van der Waals surface area contributed by atoms with Crippen LogP contribution in [0.2, 0.25) is 5.02 Å². The predicted octanol–water partition coefficient (Wildman–Crippen LogP) is 4.27. The van der Waals surface area contributed by atoms with Gasteiger partial charge in [0.1, 0.15) is 5.78 Å². The Bertz CT molecular complexity index is 741.